The Morgan fingerprint density at radius 1 is 1.42 bits per heavy atom. The summed E-state index contributed by atoms with van der Waals surface area (Å²) >= 11 is 0. The third kappa shape index (κ3) is 3.71. The van der Waals surface area contributed by atoms with Crippen molar-refractivity contribution in [3.8, 4) is 11.3 Å². The minimum atomic E-state index is -0.745. The summed E-state index contributed by atoms with van der Waals surface area (Å²) in [7, 11) is 0. The van der Waals surface area contributed by atoms with E-state index in [2.05, 4.69) is 10.5 Å². The summed E-state index contributed by atoms with van der Waals surface area (Å²) < 4.78 is 5.25. The van der Waals surface area contributed by atoms with Crippen LogP contribution in [0.4, 0.5) is 0 Å². The summed E-state index contributed by atoms with van der Waals surface area (Å²) in [6, 6.07) is 11.1. The minimum Gasteiger partial charge on any atom is -0.403 e. The average Bonchev–Trinajstić information content (AvgIpc) is 3.08. The lowest BCUT2D eigenvalue weighted by Crippen LogP contribution is -2.56. The predicted octanol–water partition coefficient (Wildman–Crippen LogP) is 0.959. The predicted molar refractivity (Wildman–Crippen MR) is 96.2 cm³/mol. The third-order valence-electron chi connectivity index (χ3n) is 4.54. The molecule has 1 aliphatic rings. The number of hydrazine groups is 1. The van der Waals surface area contributed by atoms with E-state index in [9.17, 15) is 9.90 Å². The molecule has 1 saturated carbocycles. The van der Waals surface area contributed by atoms with Gasteiger partial charge in [-0.1, -0.05) is 35.5 Å². The Balaban J connectivity index is 1.54. The highest BCUT2D eigenvalue weighted by Gasteiger charge is 2.35. The number of hydrogen-bond acceptors (Lipinski definition) is 7. The number of hydrogen-bond donors (Lipinski definition) is 4. The van der Waals surface area contributed by atoms with Crippen LogP contribution >= 0.6 is 0 Å². The van der Waals surface area contributed by atoms with Crippen LogP contribution < -0.4 is 16.9 Å². The number of aliphatic hydroxyl groups is 1. The molecule has 1 amide bonds. The van der Waals surface area contributed by atoms with Crippen molar-refractivity contribution >= 4 is 5.91 Å². The molecule has 3 rings (SSSR count). The minimum absolute atomic E-state index is 0.0107. The van der Waals surface area contributed by atoms with Gasteiger partial charge >= 0.3 is 0 Å². The van der Waals surface area contributed by atoms with Gasteiger partial charge in [0.05, 0.1) is 11.8 Å². The molecule has 2 aromatic rings. The molecule has 138 valence electrons. The second-order valence-corrected chi connectivity index (χ2v) is 6.41. The Morgan fingerprint density at radius 2 is 2.12 bits per heavy atom. The van der Waals surface area contributed by atoms with Gasteiger partial charge in [0.2, 0.25) is 0 Å². The molecule has 1 aromatic heterocycles. The first-order valence-electron chi connectivity index (χ1n) is 8.46. The number of benzene rings is 1. The van der Waals surface area contributed by atoms with Crippen molar-refractivity contribution in [2.75, 3.05) is 0 Å². The number of amides is 1. The van der Waals surface area contributed by atoms with Crippen LogP contribution in [0.5, 0.6) is 0 Å². The fourth-order valence-corrected chi connectivity index (χ4v) is 2.96. The number of nitrogens with one attached hydrogen (secondary N) is 1. The van der Waals surface area contributed by atoms with Gasteiger partial charge < -0.3 is 25.7 Å². The molecular weight excluding hydrogens is 334 g/mol. The van der Waals surface area contributed by atoms with Crippen LogP contribution in [0.15, 0.2) is 52.8 Å². The van der Waals surface area contributed by atoms with Crippen LogP contribution in [0.25, 0.3) is 11.3 Å². The van der Waals surface area contributed by atoms with Crippen molar-refractivity contribution in [3.05, 3.63) is 54.0 Å². The highest BCUT2D eigenvalue weighted by Crippen LogP contribution is 2.27. The van der Waals surface area contributed by atoms with Gasteiger partial charge in [0.25, 0.3) is 5.91 Å². The van der Waals surface area contributed by atoms with E-state index >= 15 is 0 Å². The topological polar surface area (TPSA) is 131 Å². The van der Waals surface area contributed by atoms with E-state index in [1.165, 1.54) is 11.2 Å². The Hall–Kier alpha value is -2.84. The number of nitrogens with two attached hydrogens (primary N) is 2. The molecular formula is C18H23N5O3. The average molecular weight is 357 g/mol. The lowest BCUT2D eigenvalue weighted by Gasteiger charge is -2.43. The van der Waals surface area contributed by atoms with Crippen LogP contribution in [0.3, 0.4) is 0 Å². The van der Waals surface area contributed by atoms with Crippen LogP contribution in [-0.2, 0) is 0 Å². The van der Waals surface area contributed by atoms with Gasteiger partial charge in [0.15, 0.2) is 11.5 Å². The molecule has 1 fully saturated rings. The highest BCUT2D eigenvalue weighted by atomic mass is 16.5. The molecule has 0 bridgehead atoms. The fraction of sp³-hybridized carbons (Fsp3) is 0.333. The highest BCUT2D eigenvalue weighted by molar-refractivity contribution is 5.93. The molecule has 0 spiro atoms. The quantitative estimate of drug-likeness (QED) is 0.447. The van der Waals surface area contributed by atoms with Gasteiger partial charge in [-0.05, 0) is 19.8 Å². The largest absolute Gasteiger partial charge is 0.403 e. The smallest absolute Gasteiger partial charge is 0.273 e. The molecule has 26 heavy (non-hydrogen) atoms. The van der Waals surface area contributed by atoms with Crippen LogP contribution in [0.2, 0.25) is 0 Å². The van der Waals surface area contributed by atoms with Gasteiger partial charge in [-0.2, -0.15) is 0 Å². The Bertz CT molecular complexity index is 781. The number of nitrogens with zero attached hydrogens (tertiary/aromatic N) is 2. The molecule has 8 nitrogen and oxygen atoms in total. The van der Waals surface area contributed by atoms with E-state index in [-0.39, 0.29) is 23.7 Å². The molecule has 8 heteroatoms. The second kappa shape index (κ2) is 7.59. The summed E-state index contributed by atoms with van der Waals surface area (Å²) in [6.07, 6.45) is 1.88. The van der Waals surface area contributed by atoms with Crippen LogP contribution in [0, 0.1) is 0 Å². The number of aliphatic hydroxyl groups excluding tert-OH is 1. The molecule has 1 aromatic carbocycles. The maximum atomic E-state index is 12.3. The number of carbonyl (C=O) groups excluding carboxylic acids is 1. The number of rotatable bonds is 6. The zero-order chi connectivity index (χ0) is 18.7. The molecule has 1 heterocycles. The second-order valence-electron chi connectivity index (χ2n) is 6.41. The third-order valence-corrected chi connectivity index (χ3v) is 4.54. The van der Waals surface area contributed by atoms with E-state index in [0.29, 0.717) is 24.3 Å². The van der Waals surface area contributed by atoms with Crippen molar-refractivity contribution in [2.24, 2.45) is 11.6 Å². The Labute approximate surface area is 151 Å². The van der Waals surface area contributed by atoms with Crippen molar-refractivity contribution in [2.45, 2.75) is 38.0 Å². The van der Waals surface area contributed by atoms with Gasteiger partial charge in [0, 0.05) is 29.9 Å². The molecule has 1 atom stereocenters. The maximum absolute atomic E-state index is 12.3. The van der Waals surface area contributed by atoms with Gasteiger partial charge in [-0.15, -0.1) is 0 Å². The zero-order valence-corrected chi connectivity index (χ0v) is 14.5. The molecule has 1 aliphatic carbocycles. The van der Waals surface area contributed by atoms with Crippen molar-refractivity contribution in [1.29, 1.82) is 0 Å². The van der Waals surface area contributed by atoms with Crippen LogP contribution in [0.1, 0.15) is 30.3 Å². The first kappa shape index (κ1) is 18.0. The number of carbonyl (C=O) groups is 1. The SMILES string of the molecule is C[C@@H](O)/C(=C/N)N(N)C1CC(NC(=O)c2cc(-c3ccccc3)on2)C1. The summed E-state index contributed by atoms with van der Waals surface area (Å²) in [5.41, 5.74) is 7.06. The van der Waals surface area contributed by atoms with Gasteiger partial charge in [0.1, 0.15) is 0 Å². The van der Waals surface area contributed by atoms with Crippen molar-refractivity contribution < 1.29 is 14.4 Å². The fourth-order valence-electron chi connectivity index (χ4n) is 2.96. The summed E-state index contributed by atoms with van der Waals surface area (Å²) in [5, 5.41) is 17.9. The summed E-state index contributed by atoms with van der Waals surface area (Å²) in [6.45, 7) is 1.60. The molecule has 0 saturated heterocycles. The lowest BCUT2D eigenvalue weighted by molar-refractivity contribution is 0.0746. The first-order valence-corrected chi connectivity index (χ1v) is 8.46. The lowest BCUT2D eigenvalue weighted by atomic mass is 9.85. The Morgan fingerprint density at radius 3 is 2.73 bits per heavy atom. The van der Waals surface area contributed by atoms with Crippen molar-refractivity contribution in [1.82, 2.24) is 15.5 Å². The first-order chi connectivity index (χ1) is 12.5. The van der Waals surface area contributed by atoms with E-state index in [1.54, 1.807) is 13.0 Å². The normalized spacial score (nSPS) is 21.0. The molecule has 6 N–H and O–H groups in total. The van der Waals surface area contributed by atoms with Gasteiger partial charge in [-0.25, -0.2) is 5.84 Å². The zero-order valence-electron chi connectivity index (χ0n) is 14.5. The van der Waals surface area contributed by atoms with E-state index in [1.807, 2.05) is 30.3 Å². The molecule has 0 unspecified atom stereocenters. The maximum Gasteiger partial charge on any atom is 0.273 e. The van der Waals surface area contributed by atoms with E-state index < -0.39 is 6.10 Å². The summed E-state index contributed by atoms with van der Waals surface area (Å²) in [4.78, 5) is 12.3. The van der Waals surface area contributed by atoms with Crippen molar-refractivity contribution in [3.63, 3.8) is 0 Å². The molecule has 0 aliphatic heterocycles. The van der Waals surface area contributed by atoms with Gasteiger partial charge in [-0.3, -0.25) is 4.79 Å². The number of aromatic nitrogens is 1. The standard InChI is InChI=1S/C18H23N5O3/c1-11(24)16(10-19)23(20)14-7-13(8-14)21-18(25)15-9-17(26-22-15)12-5-3-2-4-6-12/h2-6,9-11,13-14,24H,7-8,19-20H2,1H3,(H,21,25)/b16-10-/t11-,13?,14?/m1/s1. The summed E-state index contributed by atoms with van der Waals surface area (Å²) in [5.74, 6) is 6.25. The van der Waals surface area contributed by atoms with E-state index in [0.717, 1.165) is 5.56 Å². The molecule has 0 radical (unpaired) electrons. The van der Waals surface area contributed by atoms with Crippen LogP contribution in [-0.4, -0.2) is 39.4 Å². The van der Waals surface area contributed by atoms with E-state index in [4.69, 9.17) is 16.1 Å². The Kier molecular flexibility index (Phi) is 5.24. The monoisotopic (exact) mass is 357 g/mol.